The first-order chi connectivity index (χ1) is 12.8. The third-order valence-corrected chi connectivity index (χ3v) is 5.63. The zero-order valence-corrected chi connectivity index (χ0v) is 18.0. The van der Waals surface area contributed by atoms with E-state index in [0.717, 1.165) is 24.3 Å². The summed E-state index contributed by atoms with van der Waals surface area (Å²) in [5.74, 6) is 1.96. The lowest BCUT2D eigenvalue weighted by Gasteiger charge is -2.16. The van der Waals surface area contributed by atoms with Crippen LogP contribution in [0.25, 0.3) is 0 Å². The molecule has 0 bridgehead atoms. The molecular formula is C22H38O2S2. The van der Waals surface area contributed by atoms with E-state index in [1.165, 1.54) is 73.6 Å². The van der Waals surface area contributed by atoms with Gasteiger partial charge in [-0.3, -0.25) is 0 Å². The smallest absolute Gasteiger partial charge is 0.0471 e. The summed E-state index contributed by atoms with van der Waals surface area (Å²) < 4.78 is 0. The molecule has 0 heterocycles. The topological polar surface area (TPSA) is 40.5 Å². The summed E-state index contributed by atoms with van der Waals surface area (Å²) in [4.78, 5) is 0. The van der Waals surface area contributed by atoms with Gasteiger partial charge in [-0.1, -0.05) is 37.8 Å². The van der Waals surface area contributed by atoms with Gasteiger partial charge in [0.15, 0.2) is 0 Å². The fourth-order valence-corrected chi connectivity index (χ4v) is 3.97. The quantitative estimate of drug-likeness (QED) is 0.238. The van der Waals surface area contributed by atoms with Gasteiger partial charge in [-0.2, -0.15) is 25.3 Å². The van der Waals surface area contributed by atoms with Gasteiger partial charge in [0.25, 0.3) is 0 Å². The van der Waals surface area contributed by atoms with Crippen molar-refractivity contribution in [1.29, 1.82) is 0 Å². The summed E-state index contributed by atoms with van der Waals surface area (Å²) in [5, 5.41) is 18.8. The summed E-state index contributed by atoms with van der Waals surface area (Å²) in [7, 11) is 0. The van der Waals surface area contributed by atoms with E-state index in [0.29, 0.717) is 12.8 Å². The van der Waals surface area contributed by atoms with Gasteiger partial charge in [0.05, 0.1) is 0 Å². The number of hydrogen-bond donors (Lipinski definition) is 4. The van der Waals surface area contributed by atoms with Crippen LogP contribution in [0.3, 0.4) is 0 Å². The first-order valence-electron chi connectivity index (χ1n) is 10.3. The Morgan fingerprint density at radius 1 is 0.500 bits per heavy atom. The van der Waals surface area contributed by atoms with Crippen LogP contribution >= 0.6 is 25.3 Å². The van der Waals surface area contributed by atoms with Gasteiger partial charge in [0.1, 0.15) is 0 Å². The normalized spacial score (nSPS) is 11.2. The van der Waals surface area contributed by atoms with Crippen molar-refractivity contribution in [3.05, 3.63) is 34.4 Å². The second kappa shape index (κ2) is 15.9. The molecule has 4 heteroatoms. The molecule has 2 nitrogen and oxygen atoms in total. The Bertz CT molecular complexity index is 434. The molecule has 0 saturated carbocycles. The fraction of sp³-hybridized carbons (Fsp3) is 0.727. The van der Waals surface area contributed by atoms with E-state index < -0.39 is 0 Å². The number of rotatable bonds is 16. The van der Waals surface area contributed by atoms with Crippen molar-refractivity contribution >= 4 is 25.3 Å². The lowest BCUT2D eigenvalue weighted by atomic mass is 9.90. The minimum Gasteiger partial charge on any atom is -0.396 e. The van der Waals surface area contributed by atoms with Gasteiger partial charge in [-0.25, -0.2) is 0 Å². The van der Waals surface area contributed by atoms with Crippen LogP contribution in [0, 0.1) is 0 Å². The monoisotopic (exact) mass is 398 g/mol. The molecule has 1 rings (SSSR count). The predicted molar refractivity (Wildman–Crippen MR) is 120 cm³/mol. The highest BCUT2D eigenvalue weighted by atomic mass is 32.1. The van der Waals surface area contributed by atoms with Gasteiger partial charge in [0, 0.05) is 13.2 Å². The van der Waals surface area contributed by atoms with Gasteiger partial charge < -0.3 is 10.2 Å². The van der Waals surface area contributed by atoms with Gasteiger partial charge in [-0.05, 0) is 85.1 Å². The largest absolute Gasteiger partial charge is 0.396 e. The molecule has 0 unspecified atom stereocenters. The third kappa shape index (κ3) is 9.68. The molecule has 0 saturated heterocycles. The molecule has 0 fully saturated rings. The Hall–Kier alpha value is -0.160. The number of aliphatic hydroxyl groups excluding tert-OH is 2. The first-order valence-corrected chi connectivity index (χ1v) is 11.6. The van der Waals surface area contributed by atoms with Crippen LogP contribution in [0.15, 0.2) is 12.1 Å². The highest BCUT2D eigenvalue weighted by Crippen LogP contribution is 2.23. The third-order valence-electron chi connectivity index (χ3n) is 4.99. The Labute approximate surface area is 171 Å². The Balaban J connectivity index is 2.79. The van der Waals surface area contributed by atoms with Crippen molar-refractivity contribution in [3.63, 3.8) is 0 Å². The van der Waals surface area contributed by atoms with E-state index in [1.807, 2.05) is 0 Å². The average molecular weight is 399 g/mol. The first kappa shape index (κ1) is 23.9. The minimum absolute atomic E-state index is 0.170. The van der Waals surface area contributed by atoms with Gasteiger partial charge in [-0.15, -0.1) is 0 Å². The van der Waals surface area contributed by atoms with E-state index in [4.69, 9.17) is 0 Å². The SMILES string of the molecule is OCCc1cc(CCCCCCS)c(CCCCCCS)cc1CCO. The van der Waals surface area contributed by atoms with Crippen LogP contribution in [0.1, 0.15) is 73.6 Å². The lowest BCUT2D eigenvalue weighted by molar-refractivity contribution is 0.293. The van der Waals surface area contributed by atoms with E-state index in [-0.39, 0.29) is 13.2 Å². The number of benzene rings is 1. The van der Waals surface area contributed by atoms with E-state index in [2.05, 4.69) is 37.4 Å². The molecule has 0 aliphatic heterocycles. The Kier molecular flexibility index (Phi) is 14.6. The van der Waals surface area contributed by atoms with Crippen LogP contribution in [-0.4, -0.2) is 34.9 Å². The highest BCUT2D eigenvalue weighted by Gasteiger charge is 2.10. The molecule has 0 aromatic heterocycles. The molecular weight excluding hydrogens is 360 g/mol. The average Bonchev–Trinajstić information content (AvgIpc) is 2.64. The van der Waals surface area contributed by atoms with Crippen molar-refractivity contribution in [1.82, 2.24) is 0 Å². The fourth-order valence-electron chi connectivity index (χ4n) is 3.52. The molecule has 150 valence electrons. The van der Waals surface area contributed by atoms with E-state index >= 15 is 0 Å². The van der Waals surface area contributed by atoms with Crippen molar-refractivity contribution in [2.75, 3.05) is 24.7 Å². The summed E-state index contributed by atoms with van der Waals surface area (Å²) in [5.41, 5.74) is 5.34. The van der Waals surface area contributed by atoms with Crippen LogP contribution in [0.5, 0.6) is 0 Å². The molecule has 0 atom stereocenters. The molecule has 0 spiro atoms. The zero-order valence-electron chi connectivity index (χ0n) is 16.3. The van der Waals surface area contributed by atoms with Crippen LogP contribution in [0.4, 0.5) is 0 Å². The number of hydrogen-bond acceptors (Lipinski definition) is 4. The maximum atomic E-state index is 9.39. The summed E-state index contributed by atoms with van der Waals surface area (Å²) in [6, 6.07) is 4.62. The molecule has 1 aromatic carbocycles. The number of aliphatic hydroxyl groups is 2. The standard InChI is InChI=1S/C22H38O2S2/c23-13-11-21-17-19(9-5-1-3-7-15-25)20(18-22(21)12-14-24)10-6-2-4-8-16-26/h17-18,23-26H,1-16H2. The number of aryl methyl sites for hydroxylation is 2. The summed E-state index contributed by atoms with van der Waals surface area (Å²) in [6.07, 6.45) is 13.5. The number of thiol groups is 2. The zero-order chi connectivity index (χ0) is 19.0. The molecule has 26 heavy (non-hydrogen) atoms. The Morgan fingerprint density at radius 3 is 1.19 bits per heavy atom. The van der Waals surface area contributed by atoms with Crippen molar-refractivity contribution < 1.29 is 10.2 Å². The maximum Gasteiger partial charge on any atom is 0.0471 e. The van der Waals surface area contributed by atoms with E-state index in [1.54, 1.807) is 0 Å². The second-order valence-electron chi connectivity index (χ2n) is 7.11. The minimum atomic E-state index is 0.170. The van der Waals surface area contributed by atoms with Gasteiger partial charge >= 0.3 is 0 Å². The summed E-state index contributed by atoms with van der Waals surface area (Å²) >= 11 is 8.58. The lowest BCUT2D eigenvalue weighted by Crippen LogP contribution is -2.06. The second-order valence-corrected chi connectivity index (χ2v) is 8.01. The maximum absolute atomic E-state index is 9.39. The molecule has 0 radical (unpaired) electrons. The van der Waals surface area contributed by atoms with Crippen LogP contribution in [-0.2, 0) is 25.7 Å². The van der Waals surface area contributed by atoms with Crippen LogP contribution < -0.4 is 0 Å². The van der Waals surface area contributed by atoms with Gasteiger partial charge in [0.2, 0.25) is 0 Å². The van der Waals surface area contributed by atoms with Crippen LogP contribution in [0.2, 0.25) is 0 Å². The highest BCUT2D eigenvalue weighted by molar-refractivity contribution is 7.80. The van der Waals surface area contributed by atoms with Crippen molar-refractivity contribution in [2.24, 2.45) is 0 Å². The molecule has 2 N–H and O–H groups in total. The van der Waals surface area contributed by atoms with E-state index in [9.17, 15) is 10.2 Å². The van der Waals surface area contributed by atoms with Crippen molar-refractivity contribution in [2.45, 2.75) is 77.0 Å². The number of unbranched alkanes of at least 4 members (excludes halogenated alkanes) is 6. The summed E-state index contributed by atoms with van der Waals surface area (Å²) in [6.45, 7) is 0.339. The predicted octanol–water partition coefficient (Wildman–Crippen LogP) is 4.82. The molecule has 0 aliphatic carbocycles. The molecule has 1 aromatic rings. The molecule has 0 aliphatic rings. The van der Waals surface area contributed by atoms with Crippen molar-refractivity contribution in [3.8, 4) is 0 Å². The molecule has 0 amide bonds. The Morgan fingerprint density at radius 2 is 0.846 bits per heavy atom.